The summed E-state index contributed by atoms with van der Waals surface area (Å²) in [5.41, 5.74) is 1.40. The van der Waals surface area contributed by atoms with E-state index in [-0.39, 0.29) is 17.3 Å². The normalized spacial score (nSPS) is 17.8. The van der Waals surface area contributed by atoms with Gasteiger partial charge in [0.15, 0.2) is 5.82 Å². The van der Waals surface area contributed by atoms with E-state index in [1.165, 1.54) is 24.3 Å². The number of benzene rings is 2. The first-order chi connectivity index (χ1) is 17.0. The summed E-state index contributed by atoms with van der Waals surface area (Å²) in [7, 11) is 0. The number of fused-ring (bicyclic) bond motifs is 2. The molecule has 1 atom stereocenters. The molecule has 0 amide bonds. The van der Waals surface area contributed by atoms with Crippen LogP contribution in [0.25, 0.3) is 17.1 Å². The summed E-state index contributed by atoms with van der Waals surface area (Å²) in [5, 5.41) is 3.19. The predicted molar refractivity (Wildman–Crippen MR) is 125 cm³/mol. The highest BCUT2D eigenvalue weighted by Gasteiger charge is 2.35. The summed E-state index contributed by atoms with van der Waals surface area (Å²) >= 11 is 0. The van der Waals surface area contributed by atoms with Gasteiger partial charge >= 0.3 is 12.4 Å². The maximum Gasteiger partial charge on any atom is 0.417 e. The maximum absolute atomic E-state index is 13.7. The van der Waals surface area contributed by atoms with E-state index in [2.05, 4.69) is 15.3 Å². The standard InChI is InChI=1S/C27H23F6N3/c1-15-10-13-23(20-14-16(26(28,29)30)11-12-17(15)20)35-25-19-7-3-5-9-22(19)34-24(36-25)18-6-2-4-8-21(18)27(31,32)33/h2,4,6,8,11-15H,3,5,7,9-10H2,1H3,(H,34,35,36). The largest absolute Gasteiger partial charge is 0.417 e. The number of alkyl halides is 6. The van der Waals surface area contributed by atoms with Crippen molar-refractivity contribution in [3.63, 3.8) is 0 Å². The molecule has 9 heteroatoms. The van der Waals surface area contributed by atoms with Crippen LogP contribution >= 0.6 is 0 Å². The Morgan fingerprint density at radius 3 is 2.36 bits per heavy atom. The zero-order chi connectivity index (χ0) is 25.7. The Hall–Kier alpha value is -3.36. The first kappa shape index (κ1) is 24.3. The third-order valence-electron chi connectivity index (χ3n) is 6.79. The Morgan fingerprint density at radius 1 is 0.861 bits per heavy atom. The van der Waals surface area contributed by atoms with E-state index in [0.29, 0.717) is 42.0 Å². The van der Waals surface area contributed by atoms with Crippen molar-refractivity contribution in [1.29, 1.82) is 0 Å². The summed E-state index contributed by atoms with van der Waals surface area (Å²) in [4.78, 5) is 9.00. The van der Waals surface area contributed by atoms with Gasteiger partial charge in [0.25, 0.3) is 0 Å². The lowest BCUT2D eigenvalue weighted by atomic mass is 9.85. The number of anilines is 1. The van der Waals surface area contributed by atoms with Gasteiger partial charge in [-0.3, -0.25) is 0 Å². The van der Waals surface area contributed by atoms with E-state index in [0.717, 1.165) is 42.2 Å². The molecule has 188 valence electrons. The zero-order valence-electron chi connectivity index (χ0n) is 19.4. The van der Waals surface area contributed by atoms with E-state index in [4.69, 9.17) is 0 Å². The molecule has 1 N–H and O–H groups in total. The van der Waals surface area contributed by atoms with Gasteiger partial charge in [0.2, 0.25) is 0 Å². The van der Waals surface area contributed by atoms with Crippen molar-refractivity contribution in [2.75, 3.05) is 5.32 Å². The molecule has 0 aliphatic heterocycles. The van der Waals surface area contributed by atoms with Gasteiger partial charge in [0.1, 0.15) is 5.82 Å². The van der Waals surface area contributed by atoms with Gasteiger partial charge in [-0.25, -0.2) is 9.97 Å². The molecule has 1 aromatic heterocycles. The Morgan fingerprint density at radius 2 is 1.61 bits per heavy atom. The molecular formula is C27H23F6N3. The quantitative estimate of drug-likeness (QED) is 0.368. The molecule has 0 saturated carbocycles. The average Bonchev–Trinajstić information content (AvgIpc) is 2.84. The molecule has 1 unspecified atom stereocenters. The number of rotatable bonds is 3. The third-order valence-corrected chi connectivity index (χ3v) is 6.79. The van der Waals surface area contributed by atoms with Crippen LogP contribution in [0.5, 0.6) is 0 Å². The van der Waals surface area contributed by atoms with E-state index in [1.54, 1.807) is 0 Å². The second kappa shape index (κ2) is 8.94. The van der Waals surface area contributed by atoms with Crippen LogP contribution in [0, 0.1) is 0 Å². The molecule has 2 aliphatic carbocycles. The number of aryl methyl sites for hydroxylation is 1. The third kappa shape index (κ3) is 4.58. The molecule has 2 aliphatic rings. The van der Waals surface area contributed by atoms with Crippen molar-refractivity contribution in [1.82, 2.24) is 9.97 Å². The van der Waals surface area contributed by atoms with E-state index in [1.807, 2.05) is 13.0 Å². The van der Waals surface area contributed by atoms with Gasteiger partial charge in [-0.1, -0.05) is 37.3 Å². The lowest BCUT2D eigenvalue weighted by molar-refractivity contribution is -0.138. The van der Waals surface area contributed by atoms with Crippen LogP contribution in [0.15, 0.2) is 48.5 Å². The molecule has 0 saturated heterocycles. The maximum atomic E-state index is 13.7. The van der Waals surface area contributed by atoms with Crippen LogP contribution in [0.3, 0.4) is 0 Å². The number of aromatic nitrogens is 2. The van der Waals surface area contributed by atoms with Crippen molar-refractivity contribution < 1.29 is 26.3 Å². The molecule has 0 radical (unpaired) electrons. The number of nitrogens with zero attached hydrogens (tertiary/aromatic N) is 2. The van der Waals surface area contributed by atoms with Crippen molar-refractivity contribution in [3.8, 4) is 11.4 Å². The summed E-state index contributed by atoms with van der Waals surface area (Å²) in [6.45, 7) is 1.94. The van der Waals surface area contributed by atoms with Gasteiger partial charge in [-0.2, -0.15) is 26.3 Å². The minimum absolute atomic E-state index is 0.0290. The Labute approximate surface area is 204 Å². The van der Waals surface area contributed by atoms with Crippen LogP contribution in [0.4, 0.5) is 32.2 Å². The topological polar surface area (TPSA) is 37.8 Å². The van der Waals surface area contributed by atoms with E-state index in [9.17, 15) is 26.3 Å². The molecule has 3 aromatic rings. The highest BCUT2D eigenvalue weighted by Crippen LogP contribution is 2.41. The predicted octanol–water partition coefficient (Wildman–Crippen LogP) is 8.02. The summed E-state index contributed by atoms with van der Waals surface area (Å²) in [5.74, 6) is 0.317. The monoisotopic (exact) mass is 503 g/mol. The lowest BCUT2D eigenvalue weighted by Crippen LogP contribution is -2.17. The number of allylic oxidation sites excluding steroid dienone is 1. The molecule has 1 heterocycles. The van der Waals surface area contributed by atoms with Crippen molar-refractivity contribution >= 4 is 11.5 Å². The highest BCUT2D eigenvalue weighted by molar-refractivity contribution is 5.81. The Kier molecular flexibility index (Phi) is 6.04. The lowest BCUT2D eigenvalue weighted by Gasteiger charge is -2.27. The fourth-order valence-electron chi connectivity index (χ4n) is 4.92. The minimum atomic E-state index is -4.58. The number of hydrogen-bond donors (Lipinski definition) is 1. The summed E-state index contributed by atoms with van der Waals surface area (Å²) < 4.78 is 81.5. The molecule has 0 spiro atoms. The van der Waals surface area contributed by atoms with Crippen molar-refractivity contribution in [2.24, 2.45) is 0 Å². The first-order valence-electron chi connectivity index (χ1n) is 11.8. The second-order valence-electron chi connectivity index (χ2n) is 9.25. The van der Waals surface area contributed by atoms with Crippen molar-refractivity contribution in [2.45, 2.75) is 57.3 Å². The number of hydrogen-bond acceptors (Lipinski definition) is 3. The number of halogens is 6. The van der Waals surface area contributed by atoms with Crippen LogP contribution in [-0.2, 0) is 25.2 Å². The van der Waals surface area contributed by atoms with Gasteiger partial charge in [0, 0.05) is 28.1 Å². The van der Waals surface area contributed by atoms with Crippen LogP contribution in [0.2, 0.25) is 0 Å². The van der Waals surface area contributed by atoms with E-state index < -0.39 is 23.5 Å². The fraction of sp³-hybridized carbons (Fsp3) is 0.333. The molecule has 0 bridgehead atoms. The smallest absolute Gasteiger partial charge is 0.340 e. The Balaban J connectivity index is 1.62. The summed E-state index contributed by atoms with van der Waals surface area (Å²) in [6, 6.07) is 8.84. The van der Waals surface area contributed by atoms with Crippen LogP contribution in [-0.4, -0.2) is 9.97 Å². The van der Waals surface area contributed by atoms with Gasteiger partial charge < -0.3 is 5.32 Å². The molecule has 5 rings (SSSR count). The van der Waals surface area contributed by atoms with Gasteiger partial charge in [0.05, 0.1) is 11.1 Å². The molecule has 2 aromatic carbocycles. The first-order valence-corrected chi connectivity index (χ1v) is 11.8. The van der Waals surface area contributed by atoms with Gasteiger partial charge in [-0.15, -0.1) is 0 Å². The Bertz CT molecular complexity index is 1340. The minimum Gasteiger partial charge on any atom is -0.340 e. The summed E-state index contributed by atoms with van der Waals surface area (Å²) in [6.07, 6.45) is -3.69. The average molecular weight is 503 g/mol. The highest BCUT2D eigenvalue weighted by atomic mass is 19.4. The SMILES string of the molecule is CC1CC=C(Nc2nc(-c3ccccc3C(F)(F)F)nc3c2CCCC3)c2cc(C(F)(F)F)ccc21. The fourth-order valence-corrected chi connectivity index (χ4v) is 4.92. The molecule has 0 fully saturated rings. The zero-order valence-corrected chi connectivity index (χ0v) is 19.4. The van der Waals surface area contributed by atoms with Crippen LogP contribution in [0.1, 0.15) is 65.6 Å². The number of nitrogens with one attached hydrogen (secondary N) is 1. The molecule has 36 heavy (non-hydrogen) atoms. The van der Waals surface area contributed by atoms with E-state index >= 15 is 0 Å². The molecular weight excluding hydrogens is 480 g/mol. The second-order valence-corrected chi connectivity index (χ2v) is 9.25. The molecule has 3 nitrogen and oxygen atoms in total. The van der Waals surface area contributed by atoms with Crippen LogP contribution < -0.4 is 5.32 Å². The van der Waals surface area contributed by atoms with Gasteiger partial charge in [-0.05, 0) is 61.8 Å². The van der Waals surface area contributed by atoms with Crippen molar-refractivity contribution in [3.05, 3.63) is 82.1 Å².